The summed E-state index contributed by atoms with van der Waals surface area (Å²) in [5, 5.41) is 9.84. The monoisotopic (exact) mass is 322 g/mol. The van der Waals surface area contributed by atoms with E-state index in [0.717, 1.165) is 19.5 Å². The number of aliphatic carboxylic acids is 1. The molecular weight excluding hydrogens is 296 g/mol. The number of carboxylic acid groups (broad SMARTS) is 1. The first-order valence-electron chi connectivity index (χ1n) is 7.90. The highest BCUT2D eigenvalue weighted by Crippen LogP contribution is 2.34. The number of nitrogens with zero attached hydrogens (tertiary/aromatic N) is 2. The van der Waals surface area contributed by atoms with Crippen molar-refractivity contribution in [2.45, 2.75) is 25.4 Å². The minimum Gasteiger partial charge on any atom is -0.497 e. The number of hydrogen-bond donors (Lipinski definition) is 1. The van der Waals surface area contributed by atoms with Crippen molar-refractivity contribution in [1.29, 1.82) is 0 Å². The third kappa shape index (κ3) is 3.76. The van der Waals surface area contributed by atoms with Crippen LogP contribution in [0.4, 0.5) is 0 Å². The van der Waals surface area contributed by atoms with Gasteiger partial charge in [-0.25, -0.2) is 0 Å². The summed E-state index contributed by atoms with van der Waals surface area (Å²) in [7, 11) is 5.22. The SMILES string of the molecule is CCC1CN(C(C(=O)O)c2cc(OC)ccc2OC)CCN1C. The first kappa shape index (κ1) is 17.6. The van der Waals surface area contributed by atoms with Crippen LogP contribution in [0.3, 0.4) is 0 Å². The van der Waals surface area contributed by atoms with Crippen molar-refractivity contribution in [3.05, 3.63) is 23.8 Å². The van der Waals surface area contributed by atoms with Gasteiger partial charge in [0.1, 0.15) is 17.5 Å². The van der Waals surface area contributed by atoms with Crippen LogP contribution in [0.1, 0.15) is 24.9 Å². The Morgan fingerprint density at radius 2 is 2.09 bits per heavy atom. The van der Waals surface area contributed by atoms with Gasteiger partial charge in [0, 0.05) is 31.2 Å². The van der Waals surface area contributed by atoms with Crippen LogP contribution in [-0.2, 0) is 4.79 Å². The number of rotatable bonds is 6. The molecule has 1 N–H and O–H groups in total. The zero-order valence-electron chi connectivity index (χ0n) is 14.3. The van der Waals surface area contributed by atoms with Gasteiger partial charge >= 0.3 is 5.97 Å². The lowest BCUT2D eigenvalue weighted by atomic mass is 10.0. The smallest absolute Gasteiger partial charge is 0.325 e. The van der Waals surface area contributed by atoms with Gasteiger partial charge in [0.15, 0.2) is 0 Å². The van der Waals surface area contributed by atoms with Crippen molar-refractivity contribution in [2.75, 3.05) is 40.9 Å². The molecule has 1 aliphatic heterocycles. The molecule has 1 aliphatic rings. The van der Waals surface area contributed by atoms with Crippen LogP contribution in [0.2, 0.25) is 0 Å². The molecule has 0 spiro atoms. The second-order valence-corrected chi connectivity index (χ2v) is 5.89. The molecule has 1 heterocycles. The lowest BCUT2D eigenvalue weighted by Crippen LogP contribution is -2.53. The predicted octanol–water partition coefficient (Wildman–Crippen LogP) is 1.86. The standard InChI is InChI=1S/C17H26N2O4/c1-5-12-11-19(9-8-18(12)2)16(17(20)21)14-10-13(22-3)6-7-15(14)23-4/h6-7,10,12,16H,5,8-9,11H2,1-4H3,(H,20,21). The Morgan fingerprint density at radius 1 is 1.35 bits per heavy atom. The summed E-state index contributed by atoms with van der Waals surface area (Å²) in [6.45, 7) is 4.43. The van der Waals surface area contributed by atoms with Crippen LogP contribution in [0, 0.1) is 0 Å². The summed E-state index contributed by atoms with van der Waals surface area (Å²) >= 11 is 0. The fourth-order valence-electron chi connectivity index (χ4n) is 3.18. The van der Waals surface area contributed by atoms with E-state index in [1.165, 1.54) is 0 Å². The summed E-state index contributed by atoms with van der Waals surface area (Å²) in [5.74, 6) is 0.342. The van der Waals surface area contributed by atoms with Crippen LogP contribution in [0.25, 0.3) is 0 Å². The van der Waals surface area contributed by atoms with Gasteiger partial charge in [0.05, 0.1) is 14.2 Å². The Bertz CT molecular complexity index is 549. The highest BCUT2D eigenvalue weighted by molar-refractivity contribution is 5.77. The van der Waals surface area contributed by atoms with Crippen molar-refractivity contribution in [2.24, 2.45) is 0 Å². The van der Waals surface area contributed by atoms with Gasteiger partial charge in [-0.3, -0.25) is 9.69 Å². The molecule has 1 aromatic carbocycles. The largest absolute Gasteiger partial charge is 0.497 e. The Labute approximate surface area is 137 Å². The number of carboxylic acids is 1. The molecule has 1 fully saturated rings. The number of piperazine rings is 1. The molecule has 1 aromatic rings. The molecule has 0 aromatic heterocycles. The predicted molar refractivity (Wildman–Crippen MR) is 88.2 cm³/mol. The molecule has 6 heteroatoms. The summed E-state index contributed by atoms with van der Waals surface area (Å²) in [4.78, 5) is 16.3. The van der Waals surface area contributed by atoms with E-state index in [1.807, 2.05) is 4.90 Å². The molecule has 1 saturated heterocycles. The first-order chi connectivity index (χ1) is 11.0. The first-order valence-corrected chi connectivity index (χ1v) is 7.90. The summed E-state index contributed by atoms with van der Waals surface area (Å²) < 4.78 is 10.6. The fraction of sp³-hybridized carbons (Fsp3) is 0.588. The maximum atomic E-state index is 12.0. The van der Waals surface area contributed by atoms with Gasteiger partial charge < -0.3 is 19.5 Å². The van der Waals surface area contributed by atoms with Gasteiger partial charge in [-0.1, -0.05) is 6.92 Å². The third-order valence-corrected chi connectivity index (χ3v) is 4.61. The molecule has 0 aliphatic carbocycles. The number of likely N-dealkylation sites (N-methyl/N-ethyl adjacent to an activating group) is 1. The van der Waals surface area contributed by atoms with Crippen molar-refractivity contribution >= 4 is 5.97 Å². The number of hydrogen-bond acceptors (Lipinski definition) is 5. The van der Waals surface area contributed by atoms with Crippen LogP contribution in [0.5, 0.6) is 11.5 Å². The average Bonchev–Trinajstić information content (AvgIpc) is 2.56. The van der Waals surface area contributed by atoms with Gasteiger partial charge in [-0.2, -0.15) is 0 Å². The maximum absolute atomic E-state index is 12.0. The van der Waals surface area contributed by atoms with E-state index in [-0.39, 0.29) is 0 Å². The summed E-state index contributed by atoms with van der Waals surface area (Å²) in [6, 6.07) is 4.93. The van der Waals surface area contributed by atoms with Crippen molar-refractivity contribution in [1.82, 2.24) is 9.80 Å². The lowest BCUT2D eigenvalue weighted by molar-refractivity contribution is -0.145. The lowest BCUT2D eigenvalue weighted by Gasteiger charge is -2.41. The van der Waals surface area contributed by atoms with E-state index >= 15 is 0 Å². The minimum absolute atomic E-state index is 0.363. The van der Waals surface area contributed by atoms with E-state index in [9.17, 15) is 9.90 Å². The van der Waals surface area contributed by atoms with E-state index in [1.54, 1.807) is 32.4 Å². The third-order valence-electron chi connectivity index (χ3n) is 4.61. The molecule has 2 atom stereocenters. The topological polar surface area (TPSA) is 62.2 Å². The van der Waals surface area contributed by atoms with Crippen molar-refractivity contribution < 1.29 is 19.4 Å². The normalized spacial score (nSPS) is 21.0. The number of benzene rings is 1. The summed E-state index contributed by atoms with van der Waals surface area (Å²) in [6.07, 6.45) is 0.995. The van der Waals surface area contributed by atoms with E-state index in [0.29, 0.717) is 29.6 Å². The molecular formula is C17H26N2O4. The van der Waals surface area contributed by atoms with Gasteiger partial charge in [0.25, 0.3) is 0 Å². The molecule has 0 amide bonds. The minimum atomic E-state index is -0.865. The van der Waals surface area contributed by atoms with Gasteiger partial charge in [0.2, 0.25) is 0 Å². The highest BCUT2D eigenvalue weighted by atomic mass is 16.5. The number of carbonyl (C=O) groups is 1. The zero-order chi connectivity index (χ0) is 17.0. The summed E-state index contributed by atoms with van der Waals surface area (Å²) in [5.41, 5.74) is 0.638. The molecule has 23 heavy (non-hydrogen) atoms. The fourth-order valence-corrected chi connectivity index (χ4v) is 3.18. The van der Waals surface area contributed by atoms with Crippen LogP contribution >= 0.6 is 0 Å². The molecule has 0 bridgehead atoms. The Hall–Kier alpha value is -1.79. The highest BCUT2D eigenvalue weighted by Gasteiger charge is 2.35. The number of methoxy groups -OCH3 is 2. The van der Waals surface area contributed by atoms with E-state index in [2.05, 4.69) is 18.9 Å². The van der Waals surface area contributed by atoms with Gasteiger partial charge in [-0.05, 0) is 31.7 Å². The Morgan fingerprint density at radius 3 is 2.65 bits per heavy atom. The zero-order valence-corrected chi connectivity index (χ0v) is 14.3. The second kappa shape index (κ2) is 7.66. The molecule has 0 radical (unpaired) electrons. The Kier molecular flexibility index (Phi) is 5.85. The van der Waals surface area contributed by atoms with E-state index < -0.39 is 12.0 Å². The molecule has 2 unspecified atom stereocenters. The average molecular weight is 322 g/mol. The van der Waals surface area contributed by atoms with Crippen LogP contribution < -0.4 is 9.47 Å². The Balaban J connectivity index is 2.37. The quantitative estimate of drug-likeness (QED) is 0.862. The van der Waals surface area contributed by atoms with Crippen molar-refractivity contribution in [3.8, 4) is 11.5 Å². The van der Waals surface area contributed by atoms with Crippen molar-refractivity contribution in [3.63, 3.8) is 0 Å². The van der Waals surface area contributed by atoms with Crippen LogP contribution in [-0.4, -0.2) is 67.8 Å². The van der Waals surface area contributed by atoms with Gasteiger partial charge in [-0.15, -0.1) is 0 Å². The van der Waals surface area contributed by atoms with Crippen LogP contribution in [0.15, 0.2) is 18.2 Å². The van der Waals surface area contributed by atoms with E-state index in [4.69, 9.17) is 9.47 Å². The maximum Gasteiger partial charge on any atom is 0.325 e. The molecule has 128 valence electrons. The number of ether oxygens (including phenoxy) is 2. The second-order valence-electron chi connectivity index (χ2n) is 5.89. The molecule has 6 nitrogen and oxygen atoms in total. The molecule has 2 rings (SSSR count). The molecule has 0 saturated carbocycles.